The molecule has 1 unspecified atom stereocenters. The lowest BCUT2D eigenvalue weighted by Crippen LogP contribution is -2.33. The number of rotatable bonds is 0. The van der Waals surface area contributed by atoms with Gasteiger partial charge < -0.3 is 10.2 Å². The van der Waals surface area contributed by atoms with Crippen molar-refractivity contribution >= 4 is 11.6 Å². The fourth-order valence-corrected chi connectivity index (χ4v) is 3.63. The van der Waals surface area contributed by atoms with Gasteiger partial charge in [-0.3, -0.25) is 9.59 Å². The van der Waals surface area contributed by atoms with E-state index in [9.17, 15) is 19.8 Å². The van der Waals surface area contributed by atoms with Crippen LogP contribution in [0, 0.1) is 0 Å². The lowest BCUT2D eigenvalue weighted by Gasteiger charge is -2.32. The van der Waals surface area contributed by atoms with Crippen molar-refractivity contribution in [3.8, 4) is 5.75 Å². The van der Waals surface area contributed by atoms with Crippen LogP contribution in [0.5, 0.6) is 5.75 Å². The van der Waals surface area contributed by atoms with Crippen LogP contribution in [0.4, 0.5) is 0 Å². The van der Waals surface area contributed by atoms with Crippen molar-refractivity contribution in [2.24, 2.45) is 0 Å². The number of phenols is 1. The van der Waals surface area contributed by atoms with Crippen molar-refractivity contribution < 1.29 is 19.8 Å². The molecule has 2 N–H and O–H groups in total. The van der Waals surface area contributed by atoms with E-state index in [0.29, 0.717) is 29.5 Å². The van der Waals surface area contributed by atoms with Crippen molar-refractivity contribution in [1.82, 2.24) is 0 Å². The molecule has 116 valence electrons. The van der Waals surface area contributed by atoms with Crippen molar-refractivity contribution in [3.05, 3.63) is 63.7 Å². The summed E-state index contributed by atoms with van der Waals surface area (Å²) in [7, 11) is 0. The Morgan fingerprint density at radius 3 is 2.39 bits per heavy atom. The Balaban J connectivity index is 1.98. The van der Waals surface area contributed by atoms with Crippen LogP contribution in [0.25, 0.3) is 0 Å². The van der Waals surface area contributed by atoms with Gasteiger partial charge in [0.2, 0.25) is 0 Å². The Morgan fingerprint density at radius 1 is 1.04 bits per heavy atom. The fraction of sp³-hybridized carbons (Fsp3) is 0.263. The van der Waals surface area contributed by atoms with Crippen LogP contribution in [0.3, 0.4) is 0 Å². The van der Waals surface area contributed by atoms with Crippen LogP contribution < -0.4 is 0 Å². The lowest BCUT2D eigenvalue weighted by atomic mass is 9.75. The maximum absolute atomic E-state index is 12.7. The van der Waals surface area contributed by atoms with Crippen molar-refractivity contribution in [2.75, 3.05) is 0 Å². The van der Waals surface area contributed by atoms with Crippen LogP contribution in [-0.4, -0.2) is 27.4 Å². The first kappa shape index (κ1) is 14.2. The average molecular weight is 308 g/mol. The number of benzene rings is 2. The number of aliphatic hydroxyl groups is 1. The minimum Gasteiger partial charge on any atom is -0.507 e. The fourth-order valence-electron chi connectivity index (χ4n) is 3.63. The molecule has 4 nitrogen and oxygen atoms in total. The highest BCUT2D eigenvalue weighted by Gasteiger charge is 2.37. The maximum Gasteiger partial charge on any atom is 0.198 e. The van der Waals surface area contributed by atoms with E-state index in [1.165, 1.54) is 0 Å². The minimum atomic E-state index is -0.904. The molecule has 2 aromatic rings. The Labute approximate surface area is 133 Å². The summed E-state index contributed by atoms with van der Waals surface area (Å²) in [6.45, 7) is 1.72. The number of fused-ring (bicyclic) bond motifs is 3. The summed E-state index contributed by atoms with van der Waals surface area (Å²) in [4.78, 5) is 25.5. The van der Waals surface area contributed by atoms with E-state index in [2.05, 4.69) is 0 Å². The van der Waals surface area contributed by atoms with Crippen LogP contribution in [-0.2, 0) is 12.8 Å². The zero-order chi connectivity index (χ0) is 16.4. The van der Waals surface area contributed by atoms with Crippen molar-refractivity contribution in [2.45, 2.75) is 31.8 Å². The van der Waals surface area contributed by atoms with E-state index in [4.69, 9.17) is 0 Å². The van der Waals surface area contributed by atoms with E-state index in [-0.39, 0.29) is 34.9 Å². The van der Waals surface area contributed by atoms with E-state index >= 15 is 0 Å². The molecule has 2 aromatic carbocycles. The van der Waals surface area contributed by atoms with Gasteiger partial charge in [0.1, 0.15) is 5.75 Å². The number of aryl methyl sites for hydroxylation is 1. The van der Waals surface area contributed by atoms with Gasteiger partial charge in [-0.25, -0.2) is 0 Å². The lowest BCUT2D eigenvalue weighted by molar-refractivity contribution is 0.0450. The SMILES string of the molecule is CC1(O)CCc2cc3c(c(O)c2C1)C(=O)c1ccccc1C3=O. The molecule has 0 saturated heterocycles. The van der Waals surface area contributed by atoms with Gasteiger partial charge in [0.05, 0.1) is 11.2 Å². The molecule has 0 aromatic heterocycles. The van der Waals surface area contributed by atoms with Crippen molar-refractivity contribution in [1.29, 1.82) is 0 Å². The van der Waals surface area contributed by atoms with Gasteiger partial charge in [-0.15, -0.1) is 0 Å². The van der Waals surface area contributed by atoms with E-state index in [1.807, 2.05) is 0 Å². The van der Waals surface area contributed by atoms with Gasteiger partial charge in [0.25, 0.3) is 0 Å². The molecule has 4 heteroatoms. The smallest absolute Gasteiger partial charge is 0.198 e. The third kappa shape index (κ3) is 1.95. The largest absolute Gasteiger partial charge is 0.507 e. The number of hydrogen-bond donors (Lipinski definition) is 2. The number of carbonyl (C=O) groups excluding carboxylic acids is 2. The first-order chi connectivity index (χ1) is 10.9. The highest BCUT2D eigenvalue weighted by atomic mass is 16.3. The molecule has 0 fully saturated rings. The zero-order valence-corrected chi connectivity index (χ0v) is 12.7. The van der Waals surface area contributed by atoms with Gasteiger partial charge in [0.15, 0.2) is 11.6 Å². The monoisotopic (exact) mass is 308 g/mol. The molecule has 0 heterocycles. The van der Waals surface area contributed by atoms with E-state index in [1.54, 1.807) is 37.3 Å². The average Bonchev–Trinajstić information content (AvgIpc) is 2.53. The molecular weight excluding hydrogens is 292 g/mol. The van der Waals surface area contributed by atoms with Gasteiger partial charge >= 0.3 is 0 Å². The predicted octanol–water partition coefficient (Wildman–Crippen LogP) is 2.41. The van der Waals surface area contributed by atoms with Crippen LogP contribution in [0.15, 0.2) is 30.3 Å². The quantitative estimate of drug-likeness (QED) is 0.669. The third-order valence-electron chi connectivity index (χ3n) is 4.88. The summed E-state index contributed by atoms with van der Waals surface area (Å²) in [6.07, 6.45) is 1.42. The molecule has 0 amide bonds. The molecule has 23 heavy (non-hydrogen) atoms. The van der Waals surface area contributed by atoms with Gasteiger partial charge in [-0.2, -0.15) is 0 Å². The Hall–Kier alpha value is -2.46. The zero-order valence-electron chi connectivity index (χ0n) is 12.7. The summed E-state index contributed by atoms with van der Waals surface area (Å²) >= 11 is 0. The first-order valence-corrected chi connectivity index (χ1v) is 7.67. The molecule has 0 aliphatic heterocycles. The van der Waals surface area contributed by atoms with Crippen LogP contribution in [0.2, 0.25) is 0 Å². The Morgan fingerprint density at radius 2 is 1.70 bits per heavy atom. The minimum absolute atomic E-state index is 0.0742. The van der Waals surface area contributed by atoms with Gasteiger partial charge in [-0.05, 0) is 31.4 Å². The summed E-state index contributed by atoms with van der Waals surface area (Å²) in [6, 6.07) is 8.39. The summed E-state index contributed by atoms with van der Waals surface area (Å²) < 4.78 is 0. The third-order valence-corrected chi connectivity index (χ3v) is 4.88. The molecule has 1 atom stereocenters. The summed E-state index contributed by atoms with van der Waals surface area (Å²) in [5.74, 6) is -0.711. The number of hydrogen-bond acceptors (Lipinski definition) is 4. The second-order valence-electron chi connectivity index (χ2n) is 6.66. The summed E-state index contributed by atoms with van der Waals surface area (Å²) in [5, 5.41) is 20.9. The first-order valence-electron chi connectivity index (χ1n) is 7.67. The molecular formula is C19H16O4. The number of ketones is 2. The molecule has 2 aliphatic carbocycles. The molecule has 0 spiro atoms. The van der Waals surface area contributed by atoms with Crippen LogP contribution in [0.1, 0.15) is 56.3 Å². The van der Waals surface area contributed by atoms with Gasteiger partial charge in [-0.1, -0.05) is 24.3 Å². The number of carbonyl (C=O) groups is 2. The number of aromatic hydroxyl groups is 1. The van der Waals surface area contributed by atoms with E-state index < -0.39 is 5.60 Å². The highest BCUT2D eigenvalue weighted by molar-refractivity contribution is 6.29. The van der Waals surface area contributed by atoms with E-state index in [0.717, 1.165) is 5.56 Å². The molecule has 0 saturated carbocycles. The highest BCUT2D eigenvalue weighted by Crippen LogP contribution is 2.41. The maximum atomic E-state index is 12.7. The standard InChI is InChI=1S/C19H16O4/c1-19(23)7-6-10-8-13-15(18(22)14(10)9-19)17(21)12-5-3-2-4-11(12)16(13)20/h2-5,8,22-23H,6-7,9H2,1H3. The Bertz CT molecular complexity index is 877. The second kappa shape index (κ2) is 4.52. The molecule has 0 bridgehead atoms. The Kier molecular flexibility index (Phi) is 2.78. The normalized spacial score (nSPS) is 22.3. The molecule has 4 rings (SSSR count). The summed E-state index contributed by atoms with van der Waals surface area (Å²) in [5.41, 5.74) is 1.57. The number of phenolic OH excluding ortho intramolecular Hbond substituents is 1. The van der Waals surface area contributed by atoms with Gasteiger partial charge in [0, 0.05) is 28.7 Å². The molecule has 2 aliphatic rings. The van der Waals surface area contributed by atoms with Crippen LogP contribution >= 0.6 is 0 Å². The van der Waals surface area contributed by atoms with Crippen molar-refractivity contribution in [3.63, 3.8) is 0 Å². The topological polar surface area (TPSA) is 74.6 Å². The second-order valence-corrected chi connectivity index (χ2v) is 6.66. The molecule has 0 radical (unpaired) electrons. The predicted molar refractivity (Wildman–Crippen MR) is 84.1 cm³/mol.